The quantitative estimate of drug-likeness (QED) is 0.710. The Bertz CT molecular complexity index is 728. The summed E-state index contributed by atoms with van der Waals surface area (Å²) in [5.41, 5.74) is 2.75. The molecule has 1 saturated heterocycles. The minimum Gasteiger partial charge on any atom is -0.316 e. The third kappa shape index (κ3) is 5.38. The smallest absolute Gasteiger partial charge is 0.316 e. The van der Waals surface area contributed by atoms with Gasteiger partial charge in [-0.25, -0.2) is 4.79 Å². The number of para-hydroxylation sites is 1. The molecule has 1 aliphatic heterocycles. The number of hydrogen-bond acceptors (Lipinski definition) is 2. The molecular formula is C21H27Cl2N3O. The molecule has 0 radical (unpaired) electrons. The molecule has 146 valence electrons. The van der Waals surface area contributed by atoms with E-state index in [9.17, 15) is 4.79 Å². The predicted octanol–water partition coefficient (Wildman–Crippen LogP) is 5.24. The Morgan fingerprint density at radius 3 is 2.63 bits per heavy atom. The van der Waals surface area contributed by atoms with Gasteiger partial charge in [-0.15, -0.1) is 12.4 Å². The van der Waals surface area contributed by atoms with Crippen molar-refractivity contribution in [3.8, 4) is 0 Å². The average molecular weight is 408 g/mol. The van der Waals surface area contributed by atoms with Crippen molar-refractivity contribution in [2.75, 3.05) is 11.9 Å². The van der Waals surface area contributed by atoms with E-state index >= 15 is 0 Å². The highest BCUT2D eigenvalue weighted by Gasteiger charge is 2.29. The van der Waals surface area contributed by atoms with Gasteiger partial charge in [0, 0.05) is 18.6 Å². The lowest BCUT2D eigenvalue weighted by molar-refractivity contribution is 0.174. The molecule has 0 aromatic heterocycles. The zero-order valence-electron chi connectivity index (χ0n) is 15.7. The number of urea groups is 1. The van der Waals surface area contributed by atoms with Crippen molar-refractivity contribution >= 4 is 35.7 Å². The van der Waals surface area contributed by atoms with Gasteiger partial charge in [-0.3, -0.25) is 0 Å². The molecule has 27 heavy (non-hydrogen) atoms. The van der Waals surface area contributed by atoms with Crippen LogP contribution in [0.5, 0.6) is 0 Å². The fraction of sp³-hybridized carbons (Fsp3) is 0.381. The van der Waals surface area contributed by atoms with Crippen LogP contribution in [0.3, 0.4) is 0 Å². The zero-order chi connectivity index (χ0) is 18.5. The lowest BCUT2D eigenvalue weighted by atomic mass is 10.1. The van der Waals surface area contributed by atoms with Crippen LogP contribution in [-0.4, -0.2) is 29.6 Å². The summed E-state index contributed by atoms with van der Waals surface area (Å²) >= 11 is 6.30. The Hall–Kier alpha value is -1.75. The second kappa shape index (κ2) is 9.98. The molecule has 1 aliphatic rings. The van der Waals surface area contributed by atoms with E-state index in [-0.39, 0.29) is 24.5 Å². The summed E-state index contributed by atoms with van der Waals surface area (Å²) in [6, 6.07) is 16.0. The molecule has 0 spiro atoms. The number of aryl methyl sites for hydroxylation is 1. The van der Waals surface area contributed by atoms with Crippen LogP contribution in [0.15, 0.2) is 48.5 Å². The first kappa shape index (κ1) is 21.5. The van der Waals surface area contributed by atoms with Crippen molar-refractivity contribution in [2.24, 2.45) is 0 Å². The molecule has 2 amide bonds. The summed E-state index contributed by atoms with van der Waals surface area (Å²) < 4.78 is 0. The van der Waals surface area contributed by atoms with E-state index in [2.05, 4.69) is 29.7 Å². The molecule has 6 heteroatoms. The molecule has 1 fully saturated rings. The van der Waals surface area contributed by atoms with Crippen molar-refractivity contribution in [3.63, 3.8) is 0 Å². The summed E-state index contributed by atoms with van der Waals surface area (Å²) in [5, 5.41) is 7.11. The zero-order valence-corrected chi connectivity index (χ0v) is 17.3. The van der Waals surface area contributed by atoms with Crippen molar-refractivity contribution in [1.29, 1.82) is 0 Å². The van der Waals surface area contributed by atoms with Gasteiger partial charge < -0.3 is 15.5 Å². The van der Waals surface area contributed by atoms with Crippen LogP contribution in [0, 0.1) is 6.92 Å². The summed E-state index contributed by atoms with van der Waals surface area (Å²) in [4.78, 5) is 15.1. The molecule has 2 unspecified atom stereocenters. The van der Waals surface area contributed by atoms with Crippen LogP contribution < -0.4 is 10.6 Å². The van der Waals surface area contributed by atoms with E-state index in [0.717, 1.165) is 30.5 Å². The lowest BCUT2D eigenvalue weighted by Crippen LogP contribution is -2.49. The highest BCUT2D eigenvalue weighted by Crippen LogP contribution is 2.26. The van der Waals surface area contributed by atoms with Gasteiger partial charge in [0.1, 0.15) is 0 Å². The maximum atomic E-state index is 13.1. The third-order valence-electron chi connectivity index (χ3n) is 5.08. The fourth-order valence-corrected chi connectivity index (χ4v) is 3.76. The van der Waals surface area contributed by atoms with Gasteiger partial charge in [-0.05, 0) is 50.4 Å². The van der Waals surface area contributed by atoms with Crippen molar-refractivity contribution in [2.45, 2.75) is 45.3 Å². The topological polar surface area (TPSA) is 44.4 Å². The molecule has 2 atom stereocenters. The first-order chi connectivity index (χ1) is 12.6. The van der Waals surface area contributed by atoms with Gasteiger partial charge in [0.05, 0.1) is 10.7 Å². The van der Waals surface area contributed by atoms with Gasteiger partial charge in [-0.1, -0.05) is 54.1 Å². The normalized spacial score (nSPS) is 17.1. The Kier molecular flexibility index (Phi) is 7.96. The second-order valence-corrected chi connectivity index (χ2v) is 7.33. The van der Waals surface area contributed by atoms with Crippen molar-refractivity contribution < 1.29 is 4.79 Å². The highest BCUT2D eigenvalue weighted by atomic mass is 35.5. The molecule has 1 heterocycles. The lowest BCUT2D eigenvalue weighted by Gasteiger charge is -2.33. The van der Waals surface area contributed by atoms with Gasteiger partial charge in [0.15, 0.2) is 0 Å². The maximum Gasteiger partial charge on any atom is 0.322 e. The summed E-state index contributed by atoms with van der Waals surface area (Å²) in [6.07, 6.45) is 2.24. The minimum atomic E-state index is -0.119. The van der Waals surface area contributed by atoms with E-state index in [0.29, 0.717) is 23.3 Å². The Labute approximate surface area is 172 Å². The average Bonchev–Trinajstić information content (AvgIpc) is 3.18. The summed E-state index contributed by atoms with van der Waals surface area (Å²) in [5.74, 6) is 0. The number of carbonyl (C=O) groups excluding carboxylic acids is 1. The standard InChI is InChI=1S/C21H26ClN3O.ClH/c1-15-8-6-11-18(22)20(15)24-21(26)25(14-17-9-4-3-5-10-17)16(2)19-12-7-13-23-19;/h3-6,8-11,16,19,23H,7,12-14H2,1-2H3,(H,24,26);1H. The van der Waals surface area contributed by atoms with E-state index in [1.165, 1.54) is 0 Å². The minimum absolute atomic E-state index is 0. The van der Waals surface area contributed by atoms with E-state index < -0.39 is 0 Å². The largest absolute Gasteiger partial charge is 0.322 e. The van der Waals surface area contributed by atoms with Gasteiger partial charge in [0.25, 0.3) is 0 Å². The van der Waals surface area contributed by atoms with E-state index in [1.54, 1.807) is 6.07 Å². The van der Waals surface area contributed by atoms with Crippen LogP contribution in [0.2, 0.25) is 5.02 Å². The molecule has 0 aliphatic carbocycles. The number of amides is 2. The molecule has 3 rings (SSSR count). The van der Waals surface area contributed by atoms with E-state index in [4.69, 9.17) is 11.6 Å². The highest BCUT2D eigenvalue weighted by molar-refractivity contribution is 6.33. The Morgan fingerprint density at radius 1 is 1.26 bits per heavy atom. The van der Waals surface area contributed by atoms with Gasteiger partial charge >= 0.3 is 6.03 Å². The first-order valence-corrected chi connectivity index (χ1v) is 9.54. The van der Waals surface area contributed by atoms with Crippen LogP contribution in [0.25, 0.3) is 0 Å². The molecular weight excluding hydrogens is 381 g/mol. The second-order valence-electron chi connectivity index (χ2n) is 6.92. The Morgan fingerprint density at radius 2 is 2.00 bits per heavy atom. The van der Waals surface area contributed by atoms with Crippen LogP contribution in [0.4, 0.5) is 10.5 Å². The van der Waals surface area contributed by atoms with Crippen LogP contribution in [-0.2, 0) is 6.54 Å². The van der Waals surface area contributed by atoms with Gasteiger partial charge in [-0.2, -0.15) is 0 Å². The summed E-state index contributed by atoms with van der Waals surface area (Å²) in [6.45, 7) is 5.64. The predicted molar refractivity (Wildman–Crippen MR) is 115 cm³/mol. The number of nitrogens with zero attached hydrogens (tertiary/aromatic N) is 1. The Balaban J connectivity index is 0.00000261. The molecule has 2 aromatic carbocycles. The number of hydrogen-bond donors (Lipinski definition) is 2. The van der Waals surface area contributed by atoms with Crippen molar-refractivity contribution in [1.82, 2.24) is 10.2 Å². The van der Waals surface area contributed by atoms with Crippen LogP contribution >= 0.6 is 24.0 Å². The number of halogens is 2. The number of anilines is 1. The maximum absolute atomic E-state index is 13.1. The number of nitrogens with one attached hydrogen (secondary N) is 2. The van der Waals surface area contributed by atoms with Crippen LogP contribution in [0.1, 0.15) is 30.9 Å². The first-order valence-electron chi connectivity index (χ1n) is 9.16. The molecule has 0 saturated carbocycles. The fourth-order valence-electron chi connectivity index (χ4n) is 3.49. The SMILES string of the molecule is Cc1cccc(Cl)c1NC(=O)N(Cc1ccccc1)C(C)C1CCCN1.Cl. The number of benzene rings is 2. The monoisotopic (exact) mass is 407 g/mol. The number of rotatable bonds is 5. The molecule has 0 bridgehead atoms. The summed E-state index contributed by atoms with van der Waals surface area (Å²) in [7, 11) is 0. The van der Waals surface area contributed by atoms with Gasteiger partial charge in [0.2, 0.25) is 0 Å². The van der Waals surface area contributed by atoms with Crippen molar-refractivity contribution in [3.05, 3.63) is 64.7 Å². The third-order valence-corrected chi connectivity index (χ3v) is 5.40. The molecule has 2 aromatic rings. The molecule has 2 N–H and O–H groups in total. The molecule has 4 nitrogen and oxygen atoms in total. The van der Waals surface area contributed by atoms with E-state index in [1.807, 2.05) is 42.2 Å². The number of carbonyl (C=O) groups is 1.